The SMILES string of the molecule is CC(CCc1ccccc1)NC(=O)C1(/C(N)=N/O)CC1. The van der Waals surface area contributed by atoms with Crippen molar-refractivity contribution in [2.45, 2.75) is 38.6 Å². The lowest BCUT2D eigenvalue weighted by Crippen LogP contribution is -2.44. The number of hydrogen-bond donors (Lipinski definition) is 3. The van der Waals surface area contributed by atoms with Crippen LogP contribution in [0.5, 0.6) is 0 Å². The molecule has 0 spiro atoms. The van der Waals surface area contributed by atoms with Gasteiger partial charge < -0.3 is 16.3 Å². The second-order valence-corrected chi connectivity index (χ2v) is 5.47. The number of nitrogens with one attached hydrogen (secondary N) is 1. The molecule has 20 heavy (non-hydrogen) atoms. The second-order valence-electron chi connectivity index (χ2n) is 5.47. The smallest absolute Gasteiger partial charge is 0.234 e. The minimum Gasteiger partial charge on any atom is -0.409 e. The van der Waals surface area contributed by atoms with Gasteiger partial charge in [0.15, 0.2) is 5.84 Å². The van der Waals surface area contributed by atoms with Crippen LogP contribution in [0.4, 0.5) is 0 Å². The summed E-state index contributed by atoms with van der Waals surface area (Å²) in [5, 5.41) is 14.7. The largest absolute Gasteiger partial charge is 0.409 e. The number of nitrogens with two attached hydrogens (primary N) is 1. The third kappa shape index (κ3) is 3.10. The van der Waals surface area contributed by atoms with Gasteiger partial charge in [0.05, 0.1) is 0 Å². The highest BCUT2D eigenvalue weighted by Crippen LogP contribution is 2.46. The van der Waals surface area contributed by atoms with Gasteiger partial charge in [0.1, 0.15) is 5.41 Å². The zero-order chi connectivity index (χ0) is 14.6. The van der Waals surface area contributed by atoms with E-state index in [0.29, 0.717) is 12.8 Å². The molecule has 1 saturated carbocycles. The van der Waals surface area contributed by atoms with Gasteiger partial charge in [-0.1, -0.05) is 35.5 Å². The summed E-state index contributed by atoms with van der Waals surface area (Å²) < 4.78 is 0. The average Bonchev–Trinajstić information content (AvgIpc) is 3.27. The minimum atomic E-state index is -0.768. The summed E-state index contributed by atoms with van der Waals surface area (Å²) in [5.74, 6) is -0.112. The third-order valence-corrected chi connectivity index (χ3v) is 3.87. The van der Waals surface area contributed by atoms with Crippen LogP contribution in [0.2, 0.25) is 0 Å². The van der Waals surface area contributed by atoms with E-state index in [-0.39, 0.29) is 17.8 Å². The summed E-state index contributed by atoms with van der Waals surface area (Å²) in [6.07, 6.45) is 3.08. The number of carbonyl (C=O) groups is 1. The molecule has 0 saturated heterocycles. The molecule has 1 fully saturated rings. The summed E-state index contributed by atoms with van der Waals surface area (Å²) >= 11 is 0. The molecular weight excluding hydrogens is 254 g/mol. The van der Waals surface area contributed by atoms with E-state index in [2.05, 4.69) is 22.6 Å². The van der Waals surface area contributed by atoms with Crippen molar-refractivity contribution in [3.63, 3.8) is 0 Å². The van der Waals surface area contributed by atoms with Gasteiger partial charge in [-0.15, -0.1) is 0 Å². The third-order valence-electron chi connectivity index (χ3n) is 3.87. The summed E-state index contributed by atoms with van der Waals surface area (Å²) in [6.45, 7) is 1.98. The topological polar surface area (TPSA) is 87.7 Å². The molecule has 1 aliphatic carbocycles. The summed E-state index contributed by atoms with van der Waals surface area (Å²) in [5.41, 5.74) is 6.08. The Morgan fingerprint density at radius 2 is 2.10 bits per heavy atom. The maximum Gasteiger partial charge on any atom is 0.234 e. The molecule has 0 bridgehead atoms. The van der Waals surface area contributed by atoms with E-state index in [1.165, 1.54) is 5.56 Å². The molecule has 108 valence electrons. The van der Waals surface area contributed by atoms with Gasteiger partial charge in [-0.25, -0.2) is 0 Å². The maximum atomic E-state index is 12.2. The molecule has 1 aromatic carbocycles. The number of nitrogens with zero attached hydrogens (tertiary/aromatic N) is 1. The number of amides is 1. The zero-order valence-electron chi connectivity index (χ0n) is 11.7. The highest BCUT2D eigenvalue weighted by Gasteiger charge is 2.54. The molecule has 1 unspecified atom stereocenters. The Balaban J connectivity index is 1.83. The monoisotopic (exact) mass is 275 g/mol. The number of amidine groups is 1. The molecular formula is C15H21N3O2. The Bertz CT molecular complexity index is 495. The van der Waals surface area contributed by atoms with Crippen molar-refractivity contribution >= 4 is 11.7 Å². The molecule has 2 rings (SSSR count). The van der Waals surface area contributed by atoms with Gasteiger partial charge in [-0.05, 0) is 38.2 Å². The van der Waals surface area contributed by atoms with Crippen molar-refractivity contribution in [1.82, 2.24) is 5.32 Å². The van der Waals surface area contributed by atoms with E-state index < -0.39 is 5.41 Å². The zero-order valence-corrected chi connectivity index (χ0v) is 11.7. The lowest BCUT2D eigenvalue weighted by molar-refractivity contribution is -0.124. The summed E-state index contributed by atoms with van der Waals surface area (Å²) in [6, 6.07) is 10.2. The van der Waals surface area contributed by atoms with Crippen LogP contribution in [0.1, 0.15) is 31.7 Å². The van der Waals surface area contributed by atoms with Crippen LogP contribution < -0.4 is 11.1 Å². The van der Waals surface area contributed by atoms with Crippen LogP contribution in [-0.2, 0) is 11.2 Å². The molecule has 0 radical (unpaired) electrons. The molecule has 0 heterocycles. The normalized spacial score (nSPS) is 18.4. The van der Waals surface area contributed by atoms with Crippen LogP contribution >= 0.6 is 0 Å². The Labute approximate surface area is 118 Å². The first-order chi connectivity index (χ1) is 9.58. The van der Waals surface area contributed by atoms with E-state index in [1.54, 1.807) is 0 Å². The summed E-state index contributed by atoms with van der Waals surface area (Å²) in [4.78, 5) is 12.2. The fraction of sp³-hybridized carbons (Fsp3) is 0.467. The highest BCUT2D eigenvalue weighted by atomic mass is 16.4. The minimum absolute atomic E-state index is 0.0188. The van der Waals surface area contributed by atoms with Gasteiger partial charge in [-0.2, -0.15) is 0 Å². The molecule has 1 amide bonds. The van der Waals surface area contributed by atoms with Gasteiger partial charge >= 0.3 is 0 Å². The van der Waals surface area contributed by atoms with Crippen LogP contribution in [0.25, 0.3) is 0 Å². The first-order valence-electron chi connectivity index (χ1n) is 6.91. The molecule has 5 heteroatoms. The number of benzene rings is 1. The van der Waals surface area contributed by atoms with Gasteiger partial charge in [0, 0.05) is 6.04 Å². The van der Waals surface area contributed by atoms with Crippen LogP contribution in [-0.4, -0.2) is 23.0 Å². The number of carbonyl (C=O) groups excluding carboxylic acids is 1. The lowest BCUT2D eigenvalue weighted by atomic mass is 10.0. The maximum absolute atomic E-state index is 12.2. The molecule has 1 aromatic rings. The molecule has 0 aliphatic heterocycles. The van der Waals surface area contributed by atoms with Crippen LogP contribution in [0, 0.1) is 5.41 Å². The molecule has 1 atom stereocenters. The van der Waals surface area contributed by atoms with Gasteiger partial charge in [-0.3, -0.25) is 4.79 Å². The molecule has 4 N–H and O–H groups in total. The molecule has 1 aliphatic rings. The average molecular weight is 275 g/mol. The van der Waals surface area contributed by atoms with E-state index in [1.807, 2.05) is 25.1 Å². The Hall–Kier alpha value is -2.04. The van der Waals surface area contributed by atoms with Crippen LogP contribution in [0.15, 0.2) is 35.5 Å². The first-order valence-corrected chi connectivity index (χ1v) is 6.91. The highest BCUT2D eigenvalue weighted by molar-refractivity contribution is 6.09. The molecule has 0 aromatic heterocycles. The fourth-order valence-corrected chi connectivity index (χ4v) is 2.28. The predicted octanol–water partition coefficient (Wildman–Crippen LogP) is 1.65. The quantitative estimate of drug-likeness (QED) is 0.319. The predicted molar refractivity (Wildman–Crippen MR) is 77.4 cm³/mol. The van der Waals surface area contributed by atoms with E-state index in [9.17, 15) is 4.79 Å². The first kappa shape index (κ1) is 14.4. The van der Waals surface area contributed by atoms with Crippen molar-refractivity contribution in [3.05, 3.63) is 35.9 Å². The number of hydrogen-bond acceptors (Lipinski definition) is 3. The summed E-state index contributed by atoms with van der Waals surface area (Å²) in [7, 11) is 0. The fourth-order valence-electron chi connectivity index (χ4n) is 2.28. The van der Waals surface area contributed by atoms with Gasteiger partial charge in [0.2, 0.25) is 5.91 Å². The van der Waals surface area contributed by atoms with Crippen molar-refractivity contribution in [3.8, 4) is 0 Å². The Morgan fingerprint density at radius 3 is 2.65 bits per heavy atom. The van der Waals surface area contributed by atoms with E-state index in [4.69, 9.17) is 10.9 Å². The van der Waals surface area contributed by atoms with Crippen molar-refractivity contribution in [2.24, 2.45) is 16.3 Å². The standard InChI is InChI=1S/C15H21N3O2/c1-11(7-8-12-5-3-2-4-6-12)17-14(19)15(9-10-15)13(16)18-20/h2-6,11,20H,7-10H2,1H3,(H2,16,18)(H,17,19). The number of aryl methyl sites for hydroxylation is 1. The van der Waals surface area contributed by atoms with E-state index in [0.717, 1.165) is 12.8 Å². The second kappa shape index (κ2) is 5.94. The van der Waals surface area contributed by atoms with Crippen molar-refractivity contribution < 1.29 is 10.0 Å². The Morgan fingerprint density at radius 1 is 1.45 bits per heavy atom. The Kier molecular flexibility index (Phi) is 4.27. The number of rotatable bonds is 6. The van der Waals surface area contributed by atoms with Crippen molar-refractivity contribution in [1.29, 1.82) is 0 Å². The van der Waals surface area contributed by atoms with Crippen LogP contribution in [0.3, 0.4) is 0 Å². The van der Waals surface area contributed by atoms with E-state index >= 15 is 0 Å². The van der Waals surface area contributed by atoms with Crippen molar-refractivity contribution in [2.75, 3.05) is 0 Å². The molecule has 5 nitrogen and oxygen atoms in total. The number of oxime groups is 1. The van der Waals surface area contributed by atoms with Gasteiger partial charge in [0.25, 0.3) is 0 Å². The lowest BCUT2D eigenvalue weighted by Gasteiger charge is -2.18.